The average Bonchev–Trinajstić information content (AvgIpc) is 2.73. The van der Waals surface area contributed by atoms with E-state index in [0.717, 1.165) is 11.6 Å². The normalized spacial score (nSPS) is 12.1. The first-order valence-corrected chi connectivity index (χ1v) is 11.0. The van der Waals surface area contributed by atoms with Gasteiger partial charge in [-0.05, 0) is 61.9 Å². The van der Waals surface area contributed by atoms with Crippen molar-refractivity contribution in [3.05, 3.63) is 93.5 Å². The van der Waals surface area contributed by atoms with E-state index in [1.54, 1.807) is 25.1 Å². The van der Waals surface area contributed by atoms with Crippen molar-refractivity contribution in [1.82, 2.24) is 5.32 Å². The number of phenolic OH excluding ortho intramolecular Hbond substituents is 1. The van der Waals surface area contributed by atoms with E-state index in [2.05, 4.69) is 10.0 Å². The predicted molar refractivity (Wildman–Crippen MR) is 119 cm³/mol. The largest absolute Gasteiger partial charge is 0.508 e. The third-order valence-corrected chi connectivity index (χ3v) is 6.18. The van der Waals surface area contributed by atoms with Gasteiger partial charge in [-0.2, -0.15) is 0 Å². The average molecular weight is 455 g/mol. The Morgan fingerprint density at radius 1 is 1.06 bits per heavy atom. The predicted octanol–water partition coefficient (Wildman–Crippen LogP) is 3.90. The fourth-order valence-corrected chi connectivity index (χ4v) is 4.09. The first-order chi connectivity index (χ1) is 15.1. The van der Waals surface area contributed by atoms with Crippen molar-refractivity contribution < 1.29 is 23.2 Å². The van der Waals surface area contributed by atoms with Crippen molar-refractivity contribution in [3.8, 4) is 5.75 Å². The van der Waals surface area contributed by atoms with Crippen molar-refractivity contribution in [2.24, 2.45) is 0 Å². The molecule has 9 nitrogen and oxygen atoms in total. The first-order valence-electron chi connectivity index (χ1n) is 9.54. The van der Waals surface area contributed by atoms with Gasteiger partial charge in [-0.15, -0.1) is 0 Å². The number of nitro benzene ring substituents is 1. The smallest absolute Gasteiger partial charge is 0.273 e. The van der Waals surface area contributed by atoms with Crippen LogP contribution in [0.3, 0.4) is 0 Å². The number of rotatable bonds is 7. The molecule has 0 spiro atoms. The molecule has 0 bridgehead atoms. The maximum absolute atomic E-state index is 12.6. The van der Waals surface area contributed by atoms with Crippen LogP contribution in [-0.2, 0) is 10.0 Å². The zero-order valence-electron chi connectivity index (χ0n) is 17.3. The highest BCUT2D eigenvalue weighted by Crippen LogP contribution is 2.24. The van der Waals surface area contributed by atoms with Gasteiger partial charge in [-0.1, -0.05) is 18.2 Å². The maximum atomic E-state index is 12.6. The Labute approximate surface area is 184 Å². The minimum Gasteiger partial charge on any atom is -0.508 e. The highest BCUT2D eigenvalue weighted by atomic mass is 32.2. The van der Waals surface area contributed by atoms with Crippen molar-refractivity contribution in [3.63, 3.8) is 0 Å². The van der Waals surface area contributed by atoms with E-state index in [1.807, 2.05) is 0 Å². The van der Waals surface area contributed by atoms with E-state index < -0.39 is 14.9 Å². The van der Waals surface area contributed by atoms with Gasteiger partial charge in [0.15, 0.2) is 0 Å². The van der Waals surface area contributed by atoms with Crippen molar-refractivity contribution in [1.29, 1.82) is 0 Å². The number of amides is 1. The van der Waals surface area contributed by atoms with Gasteiger partial charge in [0.25, 0.3) is 21.6 Å². The quantitative estimate of drug-likeness (QED) is 0.365. The summed E-state index contributed by atoms with van der Waals surface area (Å²) in [6, 6.07) is 15.6. The summed E-state index contributed by atoms with van der Waals surface area (Å²) in [6.07, 6.45) is 0. The molecule has 0 aliphatic rings. The molecule has 0 aliphatic heterocycles. The van der Waals surface area contributed by atoms with Gasteiger partial charge in [0.1, 0.15) is 5.75 Å². The van der Waals surface area contributed by atoms with E-state index in [9.17, 15) is 28.4 Å². The van der Waals surface area contributed by atoms with Gasteiger partial charge in [-0.25, -0.2) is 8.42 Å². The molecular weight excluding hydrogens is 434 g/mol. The third kappa shape index (κ3) is 5.22. The number of benzene rings is 3. The van der Waals surface area contributed by atoms with E-state index >= 15 is 0 Å². The summed E-state index contributed by atoms with van der Waals surface area (Å²) in [4.78, 5) is 22.7. The molecule has 3 aromatic carbocycles. The van der Waals surface area contributed by atoms with Gasteiger partial charge in [0.05, 0.1) is 15.9 Å². The second-order valence-corrected chi connectivity index (χ2v) is 8.86. The summed E-state index contributed by atoms with van der Waals surface area (Å²) >= 11 is 0. The number of carbonyl (C=O) groups is 1. The Kier molecular flexibility index (Phi) is 6.45. The van der Waals surface area contributed by atoms with Gasteiger partial charge >= 0.3 is 0 Å². The van der Waals surface area contributed by atoms with E-state index in [0.29, 0.717) is 11.1 Å². The zero-order chi connectivity index (χ0) is 23.5. The Morgan fingerprint density at radius 3 is 2.38 bits per heavy atom. The molecule has 32 heavy (non-hydrogen) atoms. The van der Waals surface area contributed by atoms with Gasteiger partial charge in [0, 0.05) is 22.9 Å². The van der Waals surface area contributed by atoms with Crippen LogP contribution in [0.25, 0.3) is 0 Å². The zero-order valence-corrected chi connectivity index (χ0v) is 18.1. The van der Waals surface area contributed by atoms with E-state index in [-0.39, 0.29) is 34.0 Å². The van der Waals surface area contributed by atoms with Crippen LogP contribution in [0.2, 0.25) is 0 Å². The molecule has 1 unspecified atom stereocenters. The molecule has 3 rings (SSSR count). The molecular formula is C22H21N3O6S. The van der Waals surface area contributed by atoms with Crippen molar-refractivity contribution in [2.75, 3.05) is 4.72 Å². The van der Waals surface area contributed by atoms with Gasteiger partial charge < -0.3 is 10.4 Å². The summed E-state index contributed by atoms with van der Waals surface area (Å²) in [5.41, 5.74) is 1.30. The molecule has 1 atom stereocenters. The van der Waals surface area contributed by atoms with Crippen molar-refractivity contribution >= 4 is 27.3 Å². The monoisotopic (exact) mass is 455 g/mol. The van der Waals surface area contributed by atoms with Crippen LogP contribution in [0, 0.1) is 17.0 Å². The molecule has 0 radical (unpaired) electrons. The molecule has 166 valence electrons. The van der Waals surface area contributed by atoms with Gasteiger partial charge in [0.2, 0.25) is 0 Å². The lowest BCUT2D eigenvalue weighted by Crippen LogP contribution is -2.26. The number of nitrogens with zero attached hydrogens (tertiary/aromatic N) is 1. The third-order valence-electron chi connectivity index (χ3n) is 4.80. The lowest BCUT2D eigenvalue weighted by atomic mass is 10.1. The standard InChI is InChI=1S/C22H21N3O6S/c1-14-6-11-20(13-21(14)25(28)29)32(30,31)24-18-9-7-16(8-10-18)22(27)23-15(2)17-4-3-5-19(26)12-17/h3-13,15,24,26H,1-2H3,(H,23,27). The number of aryl methyl sites for hydroxylation is 1. The van der Waals surface area contributed by atoms with Crippen molar-refractivity contribution in [2.45, 2.75) is 24.8 Å². The number of hydrogen-bond donors (Lipinski definition) is 3. The summed E-state index contributed by atoms with van der Waals surface area (Å²) < 4.78 is 27.6. The van der Waals surface area contributed by atoms with Crippen LogP contribution in [0.5, 0.6) is 5.75 Å². The number of sulfonamides is 1. The minimum absolute atomic E-state index is 0.0964. The van der Waals surface area contributed by atoms with Gasteiger partial charge in [-0.3, -0.25) is 19.6 Å². The number of aromatic hydroxyl groups is 1. The van der Waals surface area contributed by atoms with Crippen LogP contribution >= 0.6 is 0 Å². The molecule has 1 amide bonds. The lowest BCUT2D eigenvalue weighted by molar-refractivity contribution is -0.385. The fraction of sp³-hybridized carbons (Fsp3) is 0.136. The number of nitrogens with one attached hydrogen (secondary N) is 2. The first kappa shape index (κ1) is 22.8. The summed E-state index contributed by atoms with van der Waals surface area (Å²) in [7, 11) is -4.06. The van der Waals surface area contributed by atoms with E-state index in [1.165, 1.54) is 49.4 Å². The number of anilines is 1. The van der Waals surface area contributed by atoms with Crippen LogP contribution in [0.1, 0.15) is 34.5 Å². The molecule has 3 N–H and O–H groups in total. The fourth-order valence-electron chi connectivity index (χ4n) is 3.01. The van der Waals surface area contributed by atoms with Crippen LogP contribution < -0.4 is 10.0 Å². The highest BCUT2D eigenvalue weighted by molar-refractivity contribution is 7.92. The second-order valence-electron chi connectivity index (χ2n) is 7.18. The topological polar surface area (TPSA) is 139 Å². The maximum Gasteiger partial charge on any atom is 0.273 e. The molecule has 0 fully saturated rings. The Morgan fingerprint density at radius 2 is 1.75 bits per heavy atom. The summed E-state index contributed by atoms with van der Waals surface area (Å²) in [5, 5.41) is 23.5. The van der Waals surface area contributed by atoms with Crippen LogP contribution in [-0.4, -0.2) is 24.4 Å². The number of carbonyl (C=O) groups excluding carboxylic acids is 1. The molecule has 0 aliphatic carbocycles. The molecule has 0 heterocycles. The van der Waals surface area contributed by atoms with E-state index in [4.69, 9.17) is 0 Å². The summed E-state index contributed by atoms with van der Waals surface area (Å²) in [6.45, 7) is 3.29. The Balaban J connectivity index is 1.72. The molecule has 3 aromatic rings. The highest BCUT2D eigenvalue weighted by Gasteiger charge is 2.20. The number of hydrogen-bond acceptors (Lipinski definition) is 6. The second kappa shape index (κ2) is 9.06. The molecule has 10 heteroatoms. The SMILES string of the molecule is Cc1ccc(S(=O)(=O)Nc2ccc(C(=O)NC(C)c3cccc(O)c3)cc2)cc1[N+](=O)[O-]. The number of phenols is 1. The Bertz CT molecular complexity index is 1270. The van der Waals surface area contributed by atoms with Crippen LogP contribution in [0.15, 0.2) is 71.6 Å². The molecule has 0 saturated heterocycles. The van der Waals surface area contributed by atoms with Crippen LogP contribution in [0.4, 0.5) is 11.4 Å². The summed E-state index contributed by atoms with van der Waals surface area (Å²) in [5.74, 6) is -0.274. The molecule has 0 saturated carbocycles. The number of nitro groups is 1. The molecule has 0 aromatic heterocycles. The lowest BCUT2D eigenvalue weighted by Gasteiger charge is -2.15. The Hall–Kier alpha value is -3.92. The minimum atomic E-state index is -4.06.